The number of hydrogen-bond donors (Lipinski definition) is 0. The largest absolute Gasteiger partial charge is 0.311 e. The molecule has 1 aromatic heterocycles. The fourth-order valence-electron chi connectivity index (χ4n) is 7.00. The van der Waals surface area contributed by atoms with Crippen LogP contribution in [0.15, 0.2) is 194 Å². The molecule has 226 valence electrons. The maximum atomic E-state index is 2.36. The van der Waals surface area contributed by atoms with E-state index in [0.717, 1.165) is 22.7 Å². The maximum absolute atomic E-state index is 2.36. The van der Waals surface area contributed by atoms with Gasteiger partial charge in [-0.25, -0.2) is 0 Å². The molecule has 9 aromatic rings. The van der Waals surface area contributed by atoms with Crippen LogP contribution in [0.1, 0.15) is 0 Å². The molecule has 1 heterocycles. The second kappa shape index (κ2) is 11.8. The molecule has 0 fully saturated rings. The molecular weight excluding hydrogens is 581 g/mol. The highest BCUT2D eigenvalue weighted by atomic mass is 15.1. The van der Waals surface area contributed by atoms with Crippen molar-refractivity contribution in [2.24, 2.45) is 0 Å². The number of benzene rings is 8. The summed E-state index contributed by atoms with van der Waals surface area (Å²) in [7, 11) is 0. The first-order valence-electron chi connectivity index (χ1n) is 16.4. The first kappa shape index (κ1) is 27.9. The van der Waals surface area contributed by atoms with Crippen molar-refractivity contribution in [3.8, 4) is 27.9 Å². The average Bonchev–Trinajstić information content (AvgIpc) is 3.50. The van der Waals surface area contributed by atoms with Crippen molar-refractivity contribution < 1.29 is 0 Å². The van der Waals surface area contributed by atoms with Crippen molar-refractivity contribution in [3.63, 3.8) is 0 Å². The van der Waals surface area contributed by atoms with E-state index in [0.29, 0.717) is 0 Å². The Hall–Kier alpha value is -6.38. The third-order valence-corrected chi connectivity index (χ3v) is 9.39. The Kier molecular flexibility index (Phi) is 6.84. The zero-order valence-electron chi connectivity index (χ0n) is 26.4. The van der Waals surface area contributed by atoms with E-state index in [-0.39, 0.29) is 0 Å². The van der Waals surface area contributed by atoms with Crippen LogP contribution < -0.4 is 4.90 Å². The molecule has 0 aliphatic heterocycles. The SMILES string of the molecule is c1ccc(N(c2ccc(-c3ccc(-n4c5ccccc5c5ccccc54)cc3)cc2)c2ccc(-c3ccc4ccccc4c3)cc2)cc1. The van der Waals surface area contributed by atoms with Crippen molar-refractivity contribution >= 4 is 49.6 Å². The molecule has 0 spiro atoms. The molecule has 0 aliphatic rings. The first-order chi connectivity index (χ1) is 23.8. The fourth-order valence-corrected chi connectivity index (χ4v) is 7.00. The molecule has 9 rings (SSSR count). The van der Waals surface area contributed by atoms with Crippen LogP contribution in [0, 0.1) is 0 Å². The van der Waals surface area contributed by atoms with E-state index in [4.69, 9.17) is 0 Å². The maximum Gasteiger partial charge on any atom is 0.0541 e. The van der Waals surface area contributed by atoms with Crippen LogP contribution in [-0.4, -0.2) is 4.57 Å². The Labute approximate surface area is 280 Å². The summed E-state index contributed by atoms with van der Waals surface area (Å²) in [5, 5.41) is 5.07. The van der Waals surface area contributed by atoms with E-state index in [1.165, 1.54) is 54.8 Å². The summed E-state index contributed by atoms with van der Waals surface area (Å²) in [6.07, 6.45) is 0. The number of para-hydroxylation sites is 3. The number of nitrogens with zero attached hydrogens (tertiary/aromatic N) is 2. The summed E-state index contributed by atoms with van der Waals surface area (Å²) in [4.78, 5) is 2.32. The minimum Gasteiger partial charge on any atom is -0.311 e. The van der Waals surface area contributed by atoms with Gasteiger partial charge in [0.1, 0.15) is 0 Å². The van der Waals surface area contributed by atoms with Gasteiger partial charge in [0.2, 0.25) is 0 Å². The summed E-state index contributed by atoms with van der Waals surface area (Å²) >= 11 is 0. The van der Waals surface area contributed by atoms with Gasteiger partial charge in [0.15, 0.2) is 0 Å². The predicted molar refractivity (Wildman–Crippen MR) is 204 cm³/mol. The monoisotopic (exact) mass is 612 g/mol. The number of hydrogen-bond acceptors (Lipinski definition) is 1. The van der Waals surface area contributed by atoms with Crippen LogP contribution in [0.4, 0.5) is 17.1 Å². The number of anilines is 3. The molecule has 48 heavy (non-hydrogen) atoms. The first-order valence-corrected chi connectivity index (χ1v) is 16.4. The Bertz CT molecular complexity index is 2470. The third-order valence-electron chi connectivity index (χ3n) is 9.39. The van der Waals surface area contributed by atoms with Gasteiger partial charge in [-0.1, -0.05) is 127 Å². The van der Waals surface area contributed by atoms with Gasteiger partial charge < -0.3 is 9.47 Å². The molecule has 0 saturated carbocycles. The average molecular weight is 613 g/mol. The van der Waals surface area contributed by atoms with Crippen molar-refractivity contribution in [2.45, 2.75) is 0 Å². The molecule has 0 atom stereocenters. The Morgan fingerprint density at radius 1 is 0.312 bits per heavy atom. The highest BCUT2D eigenvalue weighted by Crippen LogP contribution is 2.37. The smallest absolute Gasteiger partial charge is 0.0541 e. The Balaban J connectivity index is 1.03. The Morgan fingerprint density at radius 2 is 0.750 bits per heavy atom. The van der Waals surface area contributed by atoms with E-state index < -0.39 is 0 Å². The minimum atomic E-state index is 1.12. The van der Waals surface area contributed by atoms with Gasteiger partial charge in [-0.05, 0) is 99.8 Å². The van der Waals surface area contributed by atoms with Crippen LogP contribution in [0.5, 0.6) is 0 Å². The van der Waals surface area contributed by atoms with Crippen molar-refractivity contribution in [1.82, 2.24) is 4.57 Å². The molecule has 0 radical (unpaired) electrons. The van der Waals surface area contributed by atoms with E-state index in [1.54, 1.807) is 0 Å². The molecule has 0 amide bonds. The van der Waals surface area contributed by atoms with E-state index in [9.17, 15) is 0 Å². The molecule has 0 N–H and O–H groups in total. The lowest BCUT2D eigenvalue weighted by molar-refractivity contribution is 1.18. The van der Waals surface area contributed by atoms with Crippen molar-refractivity contribution in [3.05, 3.63) is 194 Å². The van der Waals surface area contributed by atoms with Gasteiger partial charge in [-0.15, -0.1) is 0 Å². The number of fused-ring (bicyclic) bond motifs is 4. The van der Waals surface area contributed by atoms with Gasteiger partial charge in [0.05, 0.1) is 11.0 Å². The standard InChI is InChI=1S/C46H32N2/c1-2-12-39(13-3-1)47(41-28-24-36(25-29-41)38-19-18-33-10-4-5-11-37(33)32-38)40-26-20-34(21-27-40)35-22-30-42(31-23-35)48-45-16-8-6-14-43(45)44-15-7-9-17-46(44)48/h1-32H. The molecular formula is C46H32N2. The summed E-state index contributed by atoms with van der Waals surface area (Å²) in [6, 6.07) is 69.8. The van der Waals surface area contributed by atoms with Crippen LogP contribution in [0.3, 0.4) is 0 Å². The van der Waals surface area contributed by atoms with Gasteiger partial charge >= 0.3 is 0 Å². The van der Waals surface area contributed by atoms with Crippen LogP contribution in [-0.2, 0) is 0 Å². The zero-order chi connectivity index (χ0) is 31.9. The normalized spacial score (nSPS) is 11.3. The lowest BCUT2D eigenvalue weighted by Crippen LogP contribution is -2.09. The number of aromatic nitrogens is 1. The predicted octanol–water partition coefficient (Wildman–Crippen LogP) is 12.7. The molecule has 0 saturated heterocycles. The summed E-state index contributed by atoms with van der Waals surface area (Å²) < 4.78 is 2.36. The Morgan fingerprint density at radius 3 is 1.35 bits per heavy atom. The van der Waals surface area contributed by atoms with Gasteiger partial charge in [-0.3, -0.25) is 0 Å². The summed E-state index contributed by atoms with van der Waals surface area (Å²) in [5.74, 6) is 0. The van der Waals surface area contributed by atoms with Gasteiger partial charge in [0.25, 0.3) is 0 Å². The quantitative estimate of drug-likeness (QED) is 0.181. The molecule has 2 nitrogen and oxygen atoms in total. The van der Waals surface area contributed by atoms with Crippen LogP contribution >= 0.6 is 0 Å². The fraction of sp³-hybridized carbons (Fsp3) is 0. The van der Waals surface area contributed by atoms with E-state index >= 15 is 0 Å². The van der Waals surface area contributed by atoms with Gasteiger partial charge in [0, 0.05) is 33.5 Å². The molecule has 2 heteroatoms. The van der Waals surface area contributed by atoms with Crippen LogP contribution in [0.2, 0.25) is 0 Å². The molecule has 8 aromatic carbocycles. The van der Waals surface area contributed by atoms with E-state index in [2.05, 4.69) is 204 Å². The highest BCUT2D eigenvalue weighted by molar-refractivity contribution is 6.09. The topological polar surface area (TPSA) is 8.17 Å². The highest BCUT2D eigenvalue weighted by Gasteiger charge is 2.14. The summed E-state index contributed by atoms with van der Waals surface area (Å²) in [5.41, 5.74) is 11.8. The lowest BCUT2D eigenvalue weighted by atomic mass is 10.0. The third kappa shape index (κ3) is 4.92. The molecule has 0 bridgehead atoms. The van der Waals surface area contributed by atoms with Crippen molar-refractivity contribution in [1.29, 1.82) is 0 Å². The van der Waals surface area contributed by atoms with Crippen molar-refractivity contribution in [2.75, 3.05) is 4.90 Å². The molecule has 0 aliphatic carbocycles. The van der Waals surface area contributed by atoms with E-state index in [1.807, 2.05) is 0 Å². The minimum absolute atomic E-state index is 1.12. The second-order valence-electron chi connectivity index (χ2n) is 12.2. The lowest BCUT2D eigenvalue weighted by Gasteiger charge is -2.26. The van der Waals surface area contributed by atoms with Crippen LogP contribution in [0.25, 0.3) is 60.5 Å². The summed E-state index contributed by atoms with van der Waals surface area (Å²) in [6.45, 7) is 0. The zero-order valence-corrected chi connectivity index (χ0v) is 26.4. The number of rotatable bonds is 6. The van der Waals surface area contributed by atoms with Gasteiger partial charge in [-0.2, -0.15) is 0 Å². The second-order valence-corrected chi connectivity index (χ2v) is 12.2. The molecule has 0 unspecified atom stereocenters.